The molecule has 0 heterocycles. The van der Waals surface area contributed by atoms with Gasteiger partial charge in [-0.2, -0.15) is 0 Å². The summed E-state index contributed by atoms with van der Waals surface area (Å²) in [6.07, 6.45) is 2.19. The van der Waals surface area contributed by atoms with E-state index in [1.165, 1.54) is 0 Å². The summed E-state index contributed by atoms with van der Waals surface area (Å²) < 4.78 is 4.96. The molecule has 0 rings (SSSR count). The third-order valence-electron chi connectivity index (χ3n) is 2.32. The third kappa shape index (κ3) is 9.78. The number of carboxylic acid groups (broad SMARTS) is 1. The SMILES string of the molecule is COCCC(C)(C)CNC(=O)NC(=O)/C=C/C(=O)O. The normalized spacial score (nSPS) is 11.3. The second-order valence-corrected chi connectivity index (χ2v) is 4.75. The van der Waals surface area contributed by atoms with Gasteiger partial charge >= 0.3 is 12.0 Å². The zero-order chi connectivity index (χ0) is 14.9. The van der Waals surface area contributed by atoms with Gasteiger partial charge < -0.3 is 15.2 Å². The lowest BCUT2D eigenvalue weighted by molar-refractivity contribution is -0.131. The van der Waals surface area contributed by atoms with Gasteiger partial charge in [0.25, 0.3) is 5.91 Å². The van der Waals surface area contributed by atoms with Crippen LogP contribution in [-0.4, -0.2) is 43.3 Å². The fraction of sp³-hybridized carbons (Fsp3) is 0.583. The van der Waals surface area contributed by atoms with Crippen molar-refractivity contribution in [1.29, 1.82) is 0 Å². The van der Waals surface area contributed by atoms with Gasteiger partial charge in [0.15, 0.2) is 0 Å². The van der Waals surface area contributed by atoms with Crippen LogP contribution in [0.1, 0.15) is 20.3 Å². The Bertz CT molecular complexity index is 363. The second-order valence-electron chi connectivity index (χ2n) is 4.75. The molecule has 0 unspecified atom stereocenters. The van der Waals surface area contributed by atoms with Crippen molar-refractivity contribution < 1.29 is 24.2 Å². The summed E-state index contributed by atoms with van der Waals surface area (Å²) in [6, 6.07) is -0.662. The zero-order valence-corrected chi connectivity index (χ0v) is 11.4. The molecule has 3 N–H and O–H groups in total. The first-order valence-corrected chi connectivity index (χ1v) is 5.75. The lowest BCUT2D eigenvalue weighted by Crippen LogP contribution is -2.43. The molecule has 0 spiro atoms. The molecule has 108 valence electrons. The molecule has 0 aliphatic carbocycles. The maximum Gasteiger partial charge on any atom is 0.328 e. The van der Waals surface area contributed by atoms with Crippen molar-refractivity contribution >= 4 is 17.9 Å². The summed E-state index contributed by atoms with van der Waals surface area (Å²) >= 11 is 0. The van der Waals surface area contributed by atoms with E-state index < -0.39 is 17.9 Å². The van der Waals surface area contributed by atoms with E-state index in [4.69, 9.17) is 9.84 Å². The minimum atomic E-state index is -1.25. The third-order valence-corrected chi connectivity index (χ3v) is 2.32. The first kappa shape index (κ1) is 17.1. The molecule has 0 bridgehead atoms. The van der Waals surface area contributed by atoms with E-state index in [0.29, 0.717) is 19.2 Å². The number of imide groups is 1. The van der Waals surface area contributed by atoms with Gasteiger partial charge in [0, 0.05) is 32.4 Å². The summed E-state index contributed by atoms with van der Waals surface area (Å²) in [7, 11) is 1.60. The number of hydrogen-bond donors (Lipinski definition) is 3. The van der Waals surface area contributed by atoms with Crippen molar-refractivity contribution in [2.24, 2.45) is 5.41 Å². The predicted molar refractivity (Wildman–Crippen MR) is 68.6 cm³/mol. The second kappa shape index (κ2) is 8.25. The van der Waals surface area contributed by atoms with Crippen molar-refractivity contribution in [2.45, 2.75) is 20.3 Å². The van der Waals surface area contributed by atoms with Crippen LogP contribution in [-0.2, 0) is 14.3 Å². The smallest absolute Gasteiger partial charge is 0.328 e. The topological polar surface area (TPSA) is 105 Å². The Kier molecular flexibility index (Phi) is 7.43. The van der Waals surface area contributed by atoms with E-state index >= 15 is 0 Å². The molecule has 0 radical (unpaired) electrons. The first-order valence-electron chi connectivity index (χ1n) is 5.75. The van der Waals surface area contributed by atoms with Crippen LogP contribution in [0.4, 0.5) is 4.79 Å². The number of ether oxygens (including phenoxy) is 1. The highest BCUT2D eigenvalue weighted by Crippen LogP contribution is 2.18. The van der Waals surface area contributed by atoms with Gasteiger partial charge in [-0.25, -0.2) is 9.59 Å². The number of amides is 3. The van der Waals surface area contributed by atoms with E-state index in [1.54, 1.807) is 7.11 Å². The van der Waals surface area contributed by atoms with Crippen LogP contribution in [0.3, 0.4) is 0 Å². The number of carbonyl (C=O) groups excluding carboxylic acids is 2. The fourth-order valence-electron chi connectivity index (χ4n) is 1.13. The van der Waals surface area contributed by atoms with Crippen LogP contribution in [0.15, 0.2) is 12.2 Å². The number of rotatable bonds is 7. The van der Waals surface area contributed by atoms with Crippen LogP contribution in [0, 0.1) is 5.41 Å². The Hall–Kier alpha value is -1.89. The summed E-state index contributed by atoms with van der Waals surface area (Å²) in [4.78, 5) is 32.6. The van der Waals surface area contributed by atoms with Crippen LogP contribution in [0.5, 0.6) is 0 Å². The van der Waals surface area contributed by atoms with E-state index in [-0.39, 0.29) is 5.41 Å². The molecule has 3 amide bonds. The molecule has 0 atom stereocenters. The molecule has 0 aliphatic heterocycles. The molecule has 7 heteroatoms. The summed E-state index contributed by atoms with van der Waals surface area (Å²) in [5.41, 5.74) is -0.159. The molecular formula is C12H20N2O5. The van der Waals surface area contributed by atoms with E-state index in [2.05, 4.69) is 5.32 Å². The molecule has 0 aromatic rings. The molecular weight excluding hydrogens is 252 g/mol. The zero-order valence-electron chi connectivity index (χ0n) is 11.4. The molecule has 19 heavy (non-hydrogen) atoms. The minimum Gasteiger partial charge on any atom is -0.478 e. The Morgan fingerprint density at radius 1 is 1.26 bits per heavy atom. The quantitative estimate of drug-likeness (QED) is 0.586. The average molecular weight is 272 g/mol. The fourth-order valence-corrected chi connectivity index (χ4v) is 1.13. The molecule has 0 saturated carbocycles. The molecule has 0 saturated heterocycles. The van der Waals surface area contributed by atoms with Crippen LogP contribution >= 0.6 is 0 Å². The van der Waals surface area contributed by atoms with Gasteiger partial charge in [-0.05, 0) is 11.8 Å². The molecule has 7 nitrogen and oxygen atoms in total. The Morgan fingerprint density at radius 3 is 2.42 bits per heavy atom. The number of urea groups is 1. The highest BCUT2D eigenvalue weighted by Gasteiger charge is 2.18. The largest absolute Gasteiger partial charge is 0.478 e. The van der Waals surface area contributed by atoms with Crippen molar-refractivity contribution in [3.05, 3.63) is 12.2 Å². The van der Waals surface area contributed by atoms with Crippen LogP contribution < -0.4 is 10.6 Å². The van der Waals surface area contributed by atoms with E-state index in [1.807, 2.05) is 19.2 Å². The standard InChI is InChI=1S/C12H20N2O5/c1-12(2,6-7-19-3)8-13-11(18)14-9(15)4-5-10(16)17/h4-5H,6-8H2,1-3H3,(H,16,17)(H2,13,14,15,18)/b5-4+. The lowest BCUT2D eigenvalue weighted by atomic mass is 9.90. The van der Waals surface area contributed by atoms with Crippen molar-refractivity contribution in [1.82, 2.24) is 10.6 Å². The maximum absolute atomic E-state index is 11.4. The van der Waals surface area contributed by atoms with Crippen LogP contribution in [0.25, 0.3) is 0 Å². The Morgan fingerprint density at radius 2 is 1.89 bits per heavy atom. The Labute approximate surface area is 112 Å². The molecule has 0 aromatic heterocycles. The van der Waals surface area contributed by atoms with E-state index in [0.717, 1.165) is 12.5 Å². The average Bonchev–Trinajstić information content (AvgIpc) is 2.32. The van der Waals surface area contributed by atoms with Gasteiger partial charge in [0.2, 0.25) is 0 Å². The predicted octanol–water partition coefficient (Wildman–Crippen LogP) is 0.516. The minimum absolute atomic E-state index is 0.159. The van der Waals surface area contributed by atoms with Crippen molar-refractivity contribution in [3.8, 4) is 0 Å². The van der Waals surface area contributed by atoms with Crippen molar-refractivity contribution in [3.63, 3.8) is 0 Å². The molecule has 0 fully saturated rings. The summed E-state index contributed by atoms with van der Waals surface area (Å²) in [5.74, 6) is -2.04. The lowest BCUT2D eigenvalue weighted by Gasteiger charge is -2.24. The van der Waals surface area contributed by atoms with Crippen molar-refractivity contribution in [2.75, 3.05) is 20.3 Å². The maximum atomic E-state index is 11.4. The monoisotopic (exact) mass is 272 g/mol. The Balaban J connectivity index is 4.05. The highest BCUT2D eigenvalue weighted by atomic mass is 16.5. The van der Waals surface area contributed by atoms with E-state index in [9.17, 15) is 14.4 Å². The van der Waals surface area contributed by atoms with Gasteiger partial charge in [0.1, 0.15) is 0 Å². The molecule has 0 aliphatic rings. The molecule has 0 aromatic carbocycles. The van der Waals surface area contributed by atoms with Gasteiger partial charge in [-0.1, -0.05) is 13.8 Å². The summed E-state index contributed by atoms with van der Waals surface area (Å²) in [5, 5.41) is 12.8. The number of carboxylic acids is 1. The number of aliphatic carboxylic acids is 1. The first-order chi connectivity index (χ1) is 8.76. The number of hydrogen-bond acceptors (Lipinski definition) is 4. The van der Waals surface area contributed by atoms with Gasteiger partial charge in [0.05, 0.1) is 0 Å². The van der Waals surface area contributed by atoms with Gasteiger partial charge in [-0.15, -0.1) is 0 Å². The highest BCUT2D eigenvalue weighted by molar-refractivity contribution is 6.02. The summed E-state index contributed by atoms with van der Waals surface area (Å²) in [6.45, 7) is 4.87. The number of carbonyl (C=O) groups is 3. The van der Waals surface area contributed by atoms with Gasteiger partial charge in [-0.3, -0.25) is 10.1 Å². The van der Waals surface area contributed by atoms with Crippen LogP contribution in [0.2, 0.25) is 0 Å². The number of methoxy groups -OCH3 is 1. The number of nitrogens with one attached hydrogen (secondary N) is 2.